The molecule has 0 aliphatic heterocycles. The highest BCUT2D eigenvalue weighted by molar-refractivity contribution is 5.25. The van der Waals surface area contributed by atoms with Gasteiger partial charge in [0.2, 0.25) is 0 Å². The molecule has 0 aliphatic rings. The molecular formula is C15H24FN. The van der Waals surface area contributed by atoms with E-state index in [0.29, 0.717) is 5.56 Å². The monoisotopic (exact) mass is 237 g/mol. The Morgan fingerprint density at radius 2 is 1.71 bits per heavy atom. The highest BCUT2D eigenvalue weighted by Crippen LogP contribution is 2.33. The second kappa shape index (κ2) is 5.18. The molecule has 0 saturated heterocycles. The van der Waals surface area contributed by atoms with E-state index in [1.807, 2.05) is 19.1 Å². The van der Waals surface area contributed by atoms with E-state index in [0.717, 1.165) is 19.3 Å². The first kappa shape index (κ1) is 14.2. The lowest BCUT2D eigenvalue weighted by Crippen LogP contribution is -2.37. The van der Waals surface area contributed by atoms with Crippen LogP contribution in [0.5, 0.6) is 0 Å². The Morgan fingerprint density at radius 3 is 2.18 bits per heavy atom. The maximum atomic E-state index is 13.8. The number of hydrogen-bond acceptors (Lipinski definition) is 1. The van der Waals surface area contributed by atoms with Crippen molar-refractivity contribution in [2.24, 2.45) is 11.1 Å². The Labute approximate surface area is 104 Å². The zero-order valence-corrected chi connectivity index (χ0v) is 11.4. The van der Waals surface area contributed by atoms with Crippen molar-refractivity contribution in [3.8, 4) is 0 Å². The van der Waals surface area contributed by atoms with Crippen LogP contribution in [0.1, 0.15) is 52.5 Å². The van der Waals surface area contributed by atoms with E-state index < -0.39 is 5.54 Å². The van der Waals surface area contributed by atoms with Crippen LogP contribution in [0.3, 0.4) is 0 Å². The van der Waals surface area contributed by atoms with E-state index in [4.69, 9.17) is 5.73 Å². The Kier molecular flexibility index (Phi) is 4.31. The molecule has 96 valence electrons. The minimum absolute atomic E-state index is 0.189. The largest absolute Gasteiger partial charge is 0.321 e. The van der Waals surface area contributed by atoms with E-state index in [1.165, 1.54) is 6.07 Å². The topological polar surface area (TPSA) is 26.0 Å². The first-order chi connectivity index (χ1) is 7.78. The molecule has 0 saturated carbocycles. The summed E-state index contributed by atoms with van der Waals surface area (Å²) < 4.78 is 13.8. The highest BCUT2D eigenvalue weighted by atomic mass is 19.1. The van der Waals surface area contributed by atoms with Crippen LogP contribution in [0.25, 0.3) is 0 Å². The van der Waals surface area contributed by atoms with Gasteiger partial charge in [-0.05, 0) is 30.7 Å². The third-order valence-electron chi connectivity index (χ3n) is 3.36. The normalized spacial score (nSPS) is 15.6. The molecule has 2 N–H and O–H groups in total. The van der Waals surface area contributed by atoms with Gasteiger partial charge in [-0.3, -0.25) is 0 Å². The molecule has 17 heavy (non-hydrogen) atoms. The van der Waals surface area contributed by atoms with Crippen LogP contribution >= 0.6 is 0 Å². The summed E-state index contributed by atoms with van der Waals surface area (Å²) in [7, 11) is 0. The molecule has 0 spiro atoms. The van der Waals surface area contributed by atoms with Gasteiger partial charge in [0.15, 0.2) is 0 Å². The number of halogens is 1. The average Bonchev–Trinajstić information content (AvgIpc) is 2.26. The van der Waals surface area contributed by atoms with Crippen molar-refractivity contribution in [2.45, 2.75) is 52.5 Å². The first-order valence-corrected chi connectivity index (χ1v) is 6.32. The van der Waals surface area contributed by atoms with Crippen LogP contribution in [0.4, 0.5) is 4.39 Å². The smallest absolute Gasteiger partial charge is 0.128 e. The van der Waals surface area contributed by atoms with Gasteiger partial charge in [0.05, 0.1) is 0 Å². The number of nitrogens with two attached hydrogens (primary N) is 1. The first-order valence-electron chi connectivity index (χ1n) is 6.32. The fourth-order valence-electron chi connectivity index (χ4n) is 1.96. The van der Waals surface area contributed by atoms with Crippen molar-refractivity contribution in [3.05, 3.63) is 35.6 Å². The molecule has 0 aliphatic carbocycles. The molecule has 1 aromatic rings. The van der Waals surface area contributed by atoms with Gasteiger partial charge >= 0.3 is 0 Å². The second-order valence-electron chi connectivity index (χ2n) is 6.05. The highest BCUT2D eigenvalue weighted by Gasteiger charge is 2.29. The van der Waals surface area contributed by atoms with Crippen LogP contribution in [-0.2, 0) is 5.54 Å². The Bertz CT molecular complexity index is 367. The Morgan fingerprint density at radius 1 is 1.12 bits per heavy atom. The molecule has 0 amide bonds. The molecule has 1 atom stereocenters. The number of hydrogen-bond donors (Lipinski definition) is 1. The Balaban J connectivity index is 2.93. The zero-order chi connectivity index (χ0) is 13.1. The van der Waals surface area contributed by atoms with Gasteiger partial charge < -0.3 is 5.73 Å². The van der Waals surface area contributed by atoms with E-state index in [2.05, 4.69) is 20.8 Å². The fraction of sp³-hybridized carbons (Fsp3) is 0.600. The molecule has 2 heteroatoms. The summed E-state index contributed by atoms with van der Waals surface area (Å²) in [4.78, 5) is 0. The molecule has 0 fully saturated rings. The predicted molar refractivity (Wildman–Crippen MR) is 71.2 cm³/mol. The van der Waals surface area contributed by atoms with Gasteiger partial charge in [0, 0.05) is 11.1 Å². The lowest BCUT2D eigenvalue weighted by molar-refractivity contribution is 0.282. The van der Waals surface area contributed by atoms with E-state index >= 15 is 0 Å². The van der Waals surface area contributed by atoms with Crippen molar-refractivity contribution in [1.82, 2.24) is 0 Å². The maximum absolute atomic E-state index is 13.8. The van der Waals surface area contributed by atoms with Crippen LogP contribution < -0.4 is 5.73 Å². The summed E-state index contributed by atoms with van der Waals surface area (Å²) >= 11 is 0. The summed E-state index contributed by atoms with van der Waals surface area (Å²) in [6, 6.07) is 6.86. The van der Waals surface area contributed by atoms with Gasteiger partial charge in [-0.1, -0.05) is 45.9 Å². The van der Waals surface area contributed by atoms with Gasteiger partial charge in [0.1, 0.15) is 5.82 Å². The van der Waals surface area contributed by atoms with E-state index in [9.17, 15) is 4.39 Å². The fourth-order valence-corrected chi connectivity index (χ4v) is 1.96. The molecule has 0 aromatic heterocycles. The third-order valence-corrected chi connectivity index (χ3v) is 3.36. The molecule has 0 bridgehead atoms. The molecule has 0 heterocycles. The summed E-state index contributed by atoms with van der Waals surface area (Å²) in [5.74, 6) is -0.189. The molecular weight excluding hydrogens is 213 g/mol. The molecule has 0 radical (unpaired) electrons. The maximum Gasteiger partial charge on any atom is 0.128 e. The van der Waals surface area contributed by atoms with Crippen LogP contribution in [-0.4, -0.2) is 0 Å². The minimum atomic E-state index is -0.543. The quantitative estimate of drug-likeness (QED) is 0.833. The number of rotatable bonds is 4. The van der Waals surface area contributed by atoms with Crippen LogP contribution in [0.15, 0.2) is 24.3 Å². The van der Waals surface area contributed by atoms with Crippen molar-refractivity contribution < 1.29 is 4.39 Å². The second-order valence-corrected chi connectivity index (χ2v) is 6.05. The minimum Gasteiger partial charge on any atom is -0.321 e. The summed E-state index contributed by atoms with van der Waals surface area (Å²) in [6.45, 7) is 8.58. The summed E-state index contributed by atoms with van der Waals surface area (Å²) in [5, 5.41) is 0. The third kappa shape index (κ3) is 3.81. The summed E-state index contributed by atoms with van der Waals surface area (Å²) in [5.41, 5.74) is 6.72. The molecule has 1 aromatic carbocycles. The lowest BCUT2D eigenvalue weighted by atomic mass is 9.78. The van der Waals surface area contributed by atoms with Crippen molar-refractivity contribution in [3.63, 3.8) is 0 Å². The standard InChI is InChI=1S/C15H24FN/c1-5-15(17,11-10-14(2,3)4)12-8-6-7-9-13(12)16/h6-9H,5,10-11,17H2,1-4H3. The van der Waals surface area contributed by atoms with Gasteiger partial charge in [-0.15, -0.1) is 0 Å². The average molecular weight is 237 g/mol. The van der Waals surface area contributed by atoms with E-state index in [1.54, 1.807) is 6.07 Å². The number of benzene rings is 1. The summed E-state index contributed by atoms with van der Waals surface area (Å²) in [6.07, 6.45) is 2.56. The van der Waals surface area contributed by atoms with Crippen molar-refractivity contribution in [1.29, 1.82) is 0 Å². The van der Waals surface area contributed by atoms with Crippen molar-refractivity contribution in [2.75, 3.05) is 0 Å². The molecule has 1 nitrogen and oxygen atoms in total. The van der Waals surface area contributed by atoms with Crippen molar-refractivity contribution >= 4 is 0 Å². The molecule has 1 rings (SSSR count). The van der Waals surface area contributed by atoms with Crippen LogP contribution in [0, 0.1) is 11.2 Å². The molecule has 1 unspecified atom stereocenters. The van der Waals surface area contributed by atoms with Gasteiger partial charge in [-0.2, -0.15) is 0 Å². The lowest BCUT2D eigenvalue weighted by Gasteiger charge is -2.32. The van der Waals surface area contributed by atoms with E-state index in [-0.39, 0.29) is 11.2 Å². The predicted octanol–water partition coefficient (Wildman–Crippen LogP) is 4.22. The van der Waals surface area contributed by atoms with Crippen LogP contribution in [0.2, 0.25) is 0 Å². The zero-order valence-electron chi connectivity index (χ0n) is 11.4. The van der Waals surface area contributed by atoms with Gasteiger partial charge in [-0.25, -0.2) is 4.39 Å². The SMILES string of the molecule is CCC(N)(CCC(C)(C)C)c1ccccc1F. The Hall–Kier alpha value is -0.890. The van der Waals surface area contributed by atoms with Gasteiger partial charge in [0.25, 0.3) is 0 Å².